The maximum Gasteiger partial charge on any atom is 0.208 e. The molecule has 164 valence electrons. The largest absolute Gasteiger partial charge is 0.444 e. The summed E-state index contributed by atoms with van der Waals surface area (Å²) in [6.07, 6.45) is 7.69. The number of nitrogens with one attached hydrogen (secondary N) is 1. The van der Waals surface area contributed by atoms with Crippen LogP contribution in [0.5, 0.6) is 0 Å². The number of hydrogen-bond acceptors (Lipinski definition) is 5. The highest BCUT2D eigenvalue weighted by atomic mass is 16.4. The average Bonchev–Trinajstić information content (AvgIpc) is 3.45. The number of oxazole rings is 1. The summed E-state index contributed by atoms with van der Waals surface area (Å²) in [6, 6.07) is 0. The van der Waals surface area contributed by atoms with Crippen molar-refractivity contribution in [3.8, 4) is 0 Å². The molecule has 0 saturated carbocycles. The molecular formula is C22H35N7O. The van der Waals surface area contributed by atoms with E-state index in [0.717, 1.165) is 69.0 Å². The second-order valence-electron chi connectivity index (χ2n) is 8.78. The first-order valence-corrected chi connectivity index (χ1v) is 11.1. The van der Waals surface area contributed by atoms with E-state index in [4.69, 9.17) is 4.42 Å². The van der Waals surface area contributed by atoms with E-state index in [1.807, 2.05) is 38.8 Å². The Labute approximate surface area is 179 Å². The van der Waals surface area contributed by atoms with Crippen molar-refractivity contribution in [1.29, 1.82) is 0 Å². The summed E-state index contributed by atoms with van der Waals surface area (Å²) in [7, 11) is 3.87. The van der Waals surface area contributed by atoms with Gasteiger partial charge in [-0.15, -0.1) is 0 Å². The molecule has 0 aromatic carbocycles. The van der Waals surface area contributed by atoms with Crippen molar-refractivity contribution < 1.29 is 4.42 Å². The Morgan fingerprint density at radius 3 is 2.67 bits per heavy atom. The third-order valence-corrected chi connectivity index (χ3v) is 6.58. The Bertz CT molecular complexity index is 843. The van der Waals surface area contributed by atoms with E-state index in [-0.39, 0.29) is 0 Å². The molecule has 0 radical (unpaired) electrons. The molecule has 0 spiro atoms. The number of aliphatic imine (C=N–C) groups is 1. The zero-order chi connectivity index (χ0) is 21.1. The van der Waals surface area contributed by atoms with Crippen molar-refractivity contribution >= 4 is 5.96 Å². The van der Waals surface area contributed by atoms with Crippen LogP contribution in [-0.2, 0) is 13.6 Å². The van der Waals surface area contributed by atoms with Crippen LogP contribution in [0.2, 0.25) is 0 Å². The molecular weight excluding hydrogens is 378 g/mol. The van der Waals surface area contributed by atoms with Crippen LogP contribution < -0.4 is 5.32 Å². The molecule has 30 heavy (non-hydrogen) atoms. The van der Waals surface area contributed by atoms with Gasteiger partial charge in [-0.25, -0.2) is 4.98 Å². The molecule has 2 aromatic heterocycles. The van der Waals surface area contributed by atoms with E-state index in [0.29, 0.717) is 11.8 Å². The molecule has 0 amide bonds. The third kappa shape index (κ3) is 4.86. The number of likely N-dealkylation sites (tertiary alicyclic amines) is 2. The minimum absolute atomic E-state index is 0.544. The molecule has 4 heterocycles. The van der Waals surface area contributed by atoms with Crippen LogP contribution in [0.1, 0.15) is 48.1 Å². The number of aromatic nitrogens is 3. The first-order valence-electron chi connectivity index (χ1n) is 11.1. The number of hydrogen-bond donors (Lipinski definition) is 1. The first-order chi connectivity index (χ1) is 14.5. The van der Waals surface area contributed by atoms with Gasteiger partial charge in [0.15, 0.2) is 5.96 Å². The highest BCUT2D eigenvalue weighted by molar-refractivity contribution is 5.80. The monoisotopic (exact) mass is 413 g/mol. The third-order valence-electron chi connectivity index (χ3n) is 6.58. The van der Waals surface area contributed by atoms with E-state index in [1.165, 1.54) is 18.4 Å². The van der Waals surface area contributed by atoms with Crippen molar-refractivity contribution in [3.05, 3.63) is 35.3 Å². The molecule has 4 rings (SSSR count). The van der Waals surface area contributed by atoms with Gasteiger partial charge in [-0.1, -0.05) is 0 Å². The zero-order valence-corrected chi connectivity index (χ0v) is 18.8. The molecule has 8 nitrogen and oxygen atoms in total. The van der Waals surface area contributed by atoms with E-state index in [2.05, 4.69) is 36.4 Å². The van der Waals surface area contributed by atoms with E-state index >= 15 is 0 Å². The van der Waals surface area contributed by atoms with Crippen molar-refractivity contribution in [2.75, 3.05) is 39.8 Å². The van der Waals surface area contributed by atoms with Crippen molar-refractivity contribution in [2.45, 2.75) is 45.6 Å². The summed E-state index contributed by atoms with van der Waals surface area (Å²) in [4.78, 5) is 13.9. The van der Waals surface area contributed by atoms with Gasteiger partial charge in [-0.05, 0) is 57.7 Å². The minimum atomic E-state index is 0.544. The van der Waals surface area contributed by atoms with Crippen molar-refractivity contribution in [3.63, 3.8) is 0 Å². The normalized spacial score (nSPS) is 21.5. The van der Waals surface area contributed by atoms with Gasteiger partial charge in [0.1, 0.15) is 5.76 Å². The molecule has 2 aliphatic heterocycles. The van der Waals surface area contributed by atoms with Crippen LogP contribution in [0.15, 0.2) is 21.8 Å². The number of aryl methyl sites for hydroxylation is 3. The Balaban J connectivity index is 1.21. The number of piperidine rings is 1. The standard InChI is InChI=1S/C22H35N7O/c1-16-17(2)30-21(26-16)15-28-8-5-18(6-9-28)11-24-22(23-3)29-10-7-19(14-29)20-12-25-27(4)13-20/h12-13,18-19H,5-11,14-15H2,1-4H3,(H,23,24). The molecule has 2 fully saturated rings. The quantitative estimate of drug-likeness (QED) is 0.599. The summed E-state index contributed by atoms with van der Waals surface area (Å²) >= 11 is 0. The van der Waals surface area contributed by atoms with Gasteiger partial charge in [0, 0.05) is 45.8 Å². The van der Waals surface area contributed by atoms with Crippen LogP contribution in [-0.4, -0.2) is 70.3 Å². The van der Waals surface area contributed by atoms with Crippen LogP contribution >= 0.6 is 0 Å². The Kier molecular flexibility index (Phi) is 6.41. The predicted molar refractivity (Wildman–Crippen MR) is 117 cm³/mol. The molecule has 1 N–H and O–H groups in total. The molecule has 2 saturated heterocycles. The van der Waals surface area contributed by atoms with Crippen molar-refractivity contribution in [1.82, 2.24) is 29.9 Å². The minimum Gasteiger partial charge on any atom is -0.444 e. The molecule has 2 aromatic rings. The van der Waals surface area contributed by atoms with Gasteiger partial charge in [0.05, 0.1) is 18.4 Å². The summed E-state index contributed by atoms with van der Waals surface area (Å²) < 4.78 is 7.64. The molecule has 0 aliphatic carbocycles. The summed E-state index contributed by atoms with van der Waals surface area (Å²) in [6.45, 7) is 10.1. The Morgan fingerprint density at radius 1 is 1.23 bits per heavy atom. The van der Waals surface area contributed by atoms with E-state index in [9.17, 15) is 0 Å². The predicted octanol–water partition coefficient (Wildman–Crippen LogP) is 2.30. The lowest BCUT2D eigenvalue weighted by Crippen LogP contribution is -2.44. The van der Waals surface area contributed by atoms with Crippen molar-refractivity contribution in [2.24, 2.45) is 18.0 Å². The van der Waals surface area contributed by atoms with Crippen LogP contribution in [0, 0.1) is 19.8 Å². The molecule has 1 atom stereocenters. The van der Waals surface area contributed by atoms with Crippen LogP contribution in [0.4, 0.5) is 0 Å². The number of guanidine groups is 1. The number of nitrogens with zero attached hydrogens (tertiary/aromatic N) is 6. The first kappa shape index (κ1) is 20.9. The van der Waals surface area contributed by atoms with Gasteiger partial charge >= 0.3 is 0 Å². The SMILES string of the molecule is CN=C(NCC1CCN(Cc2nc(C)c(C)o2)CC1)N1CCC(c2cnn(C)c2)C1. The maximum absolute atomic E-state index is 5.74. The summed E-state index contributed by atoms with van der Waals surface area (Å²) in [5, 5.41) is 7.96. The number of rotatable bonds is 5. The topological polar surface area (TPSA) is 74.7 Å². The van der Waals surface area contributed by atoms with Gasteiger partial charge in [-0.2, -0.15) is 5.10 Å². The van der Waals surface area contributed by atoms with Crippen LogP contribution in [0.3, 0.4) is 0 Å². The van der Waals surface area contributed by atoms with E-state index in [1.54, 1.807) is 0 Å². The van der Waals surface area contributed by atoms with Crippen LogP contribution in [0.25, 0.3) is 0 Å². The van der Waals surface area contributed by atoms with Gasteiger partial charge in [0.25, 0.3) is 0 Å². The van der Waals surface area contributed by atoms with E-state index < -0.39 is 0 Å². The average molecular weight is 414 g/mol. The molecule has 1 unspecified atom stereocenters. The highest BCUT2D eigenvalue weighted by Crippen LogP contribution is 2.27. The second kappa shape index (κ2) is 9.20. The van der Waals surface area contributed by atoms with Gasteiger partial charge in [0.2, 0.25) is 5.89 Å². The maximum atomic E-state index is 5.74. The van der Waals surface area contributed by atoms with Gasteiger partial charge in [-0.3, -0.25) is 14.6 Å². The smallest absolute Gasteiger partial charge is 0.208 e. The fourth-order valence-electron chi connectivity index (χ4n) is 4.59. The molecule has 2 aliphatic rings. The lowest BCUT2D eigenvalue weighted by atomic mass is 9.97. The zero-order valence-electron chi connectivity index (χ0n) is 18.8. The lowest BCUT2D eigenvalue weighted by molar-refractivity contribution is 0.163. The lowest BCUT2D eigenvalue weighted by Gasteiger charge is -2.32. The Morgan fingerprint density at radius 2 is 2.03 bits per heavy atom. The fraction of sp³-hybridized carbons (Fsp3) is 0.682. The summed E-state index contributed by atoms with van der Waals surface area (Å²) in [5.74, 6) is 4.04. The highest BCUT2D eigenvalue weighted by Gasteiger charge is 2.28. The molecule has 8 heteroatoms. The fourth-order valence-corrected chi connectivity index (χ4v) is 4.59. The van der Waals surface area contributed by atoms with Gasteiger partial charge < -0.3 is 14.6 Å². The second-order valence-corrected chi connectivity index (χ2v) is 8.78. The summed E-state index contributed by atoms with van der Waals surface area (Å²) in [5.41, 5.74) is 2.34. The Hall–Kier alpha value is -2.35. The molecule has 0 bridgehead atoms.